The first-order valence-electron chi connectivity index (χ1n) is 10.8. The first-order chi connectivity index (χ1) is 16.3. The minimum atomic E-state index is -0.417. The molecule has 0 saturated heterocycles. The van der Waals surface area contributed by atoms with Gasteiger partial charge in [0.15, 0.2) is 0 Å². The lowest BCUT2D eigenvalue weighted by molar-refractivity contribution is -0.117. The summed E-state index contributed by atoms with van der Waals surface area (Å²) < 4.78 is 3.79. The standard InChI is InChI=1S/C26H25Cl2N5O/c1-17-22(18(2)33(31-17)16-20-6-4-5-7-23(20)28)12-13-24(34)30-25(26-29-14-15-32(26)3)19-8-10-21(27)11-9-19/h4-15,25H,16H2,1-3H3,(H,30,34)/b13-12+. The van der Waals surface area contributed by atoms with E-state index in [-0.39, 0.29) is 5.91 Å². The number of hydrogen-bond donors (Lipinski definition) is 1. The van der Waals surface area contributed by atoms with Gasteiger partial charge in [-0.2, -0.15) is 5.10 Å². The van der Waals surface area contributed by atoms with Crippen LogP contribution in [0.4, 0.5) is 0 Å². The Morgan fingerprint density at radius 1 is 1.12 bits per heavy atom. The van der Waals surface area contributed by atoms with E-state index in [9.17, 15) is 4.79 Å². The van der Waals surface area contributed by atoms with E-state index in [1.807, 2.05) is 72.7 Å². The molecule has 0 fully saturated rings. The van der Waals surface area contributed by atoms with Crippen LogP contribution in [0.25, 0.3) is 6.08 Å². The fourth-order valence-electron chi connectivity index (χ4n) is 3.85. The van der Waals surface area contributed by atoms with Crippen LogP contribution in [0.5, 0.6) is 0 Å². The number of imidazole rings is 1. The van der Waals surface area contributed by atoms with E-state index in [1.54, 1.807) is 24.4 Å². The SMILES string of the molecule is Cc1nn(Cc2ccccc2Cl)c(C)c1/C=C/C(=O)NC(c1ccc(Cl)cc1)c1nccn1C. The molecule has 0 saturated carbocycles. The van der Waals surface area contributed by atoms with Crippen LogP contribution >= 0.6 is 23.2 Å². The first kappa shape index (κ1) is 23.8. The van der Waals surface area contributed by atoms with Crippen molar-refractivity contribution in [1.82, 2.24) is 24.6 Å². The number of nitrogens with zero attached hydrogens (tertiary/aromatic N) is 4. The molecule has 0 aliphatic rings. The molecule has 1 atom stereocenters. The first-order valence-corrected chi connectivity index (χ1v) is 11.6. The molecule has 0 spiro atoms. The lowest BCUT2D eigenvalue weighted by atomic mass is 10.1. The van der Waals surface area contributed by atoms with Gasteiger partial charge in [-0.05, 0) is 49.2 Å². The Morgan fingerprint density at radius 3 is 2.53 bits per heavy atom. The molecular weight excluding hydrogens is 469 g/mol. The summed E-state index contributed by atoms with van der Waals surface area (Å²) in [5, 5.41) is 9.04. The van der Waals surface area contributed by atoms with Crippen LogP contribution in [0, 0.1) is 13.8 Å². The van der Waals surface area contributed by atoms with Crippen molar-refractivity contribution in [3.05, 3.63) is 111 Å². The molecule has 1 unspecified atom stereocenters. The molecule has 0 aliphatic carbocycles. The van der Waals surface area contributed by atoms with Crippen LogP contribution < -0.4 is 5.32 Å². The number of rotatable bonds is 7. The number of benzene rings is 2. The molecule has 8 heteroatoms. The largest absolute Gasteiger partial charge is 0.339 e. The van der Waals surface area contributed by atoms with Gasteiger partial charge in [0.05, 0.1) is 12.2 Å². The van der Waals surface area contributed by atoms with Crippen LogP contribution in [0.2, 0.25) is 10.0 Å². The minimum Gasteiger partial charge on any atom is -0.339 e. The second-order valence-corrected chi connectivity index (χ2v) is 8.90. The maximum absolute atomic E-state index is 12.9. The molecule has 174 valence electrons. The maximum Gasteiger partial charge on any atom is 0.244 e. The molecule has 2 aromatic heterocycles. The highest BCUT2D eigenvalue weighted by Crippen LogP contribution is 2.23. The number of amides is 1. The van der Waals surface area contributed by atoms with Gasteiger partial charge in [-0.15, -0.1) is 0 Å². The molecule has 0 bridgehead atoms. The van der Waals surface area contributed by atoms with Crippen molar-refractivity contribution in [2.45, 2.75) is 26.4 Å². The zero-order valence-corrected chi connectivity index (χ0v) is 20.7. The average Bonchev–Trinajstić information content (AvgIpc) is 3.35. The highest BCUT2D eigenvalue weighted by atomic mass is 35.5. The summed E-state index contributed by atoms with van der Waals surface area (Å²) in [7, 11) is 1.90. The lowest BCUT2D eigenvalue weighted by Gasteiger charge is -2.18. The highest BCUT2D eigenvalue weighted by Gasteiger charge is 2.20. The van der Waals surface area contributed by atoms with Gasteiger partial charge >= 0.3 is 0 Å². The van der Waals surface area contributed by atoms with Crippen molar-refractivity contribution in [2.75, 3.05) is 0 Å². The number of hydrogen-bond acceptors (Lipinski definition) is 3. The van der Waals surface area contributed by atoms with Gasteiger partial charge in [0.25, 0.3) is 0 Å². The fourth-order valence-corrected chi connectivity index (χ4v) is 4.17. The third-order valence-corrected chi connectivity index (χ3v) is 6.34. The van der Waals surface area contributed by atoms with E-state index in [2.05, 4.69) is 15.4 Å². The number of halogens is 2. The van der Waals surface area contributed by atoms with Gasteiger partial charge in [0, 0.05) is 46.8 Å². The quantitative estimate of drug-likeness (QED) is 0.345. The minimum absolute atomic E-state index is 0.236. The predicted molar refractivity (Wildman–Crippen MR) is 136 cm³/mol. The second kappa shape index (κ2) is 10.3. The molecule has 6 nitrogen and oxygen atoms in total. The zero-order chi connectivity index (χ0) is 24.2. The Morgan fingerprint density at radius 2 is 1.85 bits per heavy atom. The Balaban J connectivity index is 1.54. The van der Waals surface area contributed by atoms with Gasteiger partial charge in [-0.25, -0.2) is 4.98 Å². The van der Waals surface area contributed by atoms with Crippen LogP contribution in [0.15, 0.2) is 67.0 Å². The van der Waals surface area contributed by atoms with Crippen LogP contribution in [0.3, 0.4) is 0 Å². The normalized spacial score (nSPS) is 12.3. The molecule has 1 amide bonds. The number of aromatic nitrogens is 4. The monoisotopic (exact) mass is 493 g/mol. The number of aryl methyl sites for hydroxylation is 2. The van der Waals surface area contributed by atoms with Gasteiger partial charge in [0.1, 0.15) is 11.9 Å². The topological polar surface area (TPSA) is 64.7 Å². The van der Waals surface area contributed by atoms with Crippen molar-refractivity contribution in [1.29, 1.82) is 0 Å². The summed E-state index contributed by atoms with van der Waals surface area (Å²) in [5.74, 6) is 0.490. The molecule has 1 N–H and O–H groups in total. The Bertz CT molecular complexity index is 1340. The van der Waals surface area contributed by atoms with Crippen LogP contribution in [-0.2, 0) is 18.4 Å². The van der Waals surface area contributed by atoms with Gasteiger partial charge in [0.2, 0.25) is 5.91 Å². The molecule has 4 aromatic rings. The summed E-state index contributed by atoms with van der Waals surface area (Å²) >= 11 is 12.4. The molecular formula is C26H25Cl2N5O. The van der Waals surface area contributed by atoms with Crippen molar-refractivity contribution in [3.63, 3.8) is 0 Å². The maximum atomic E-state index is 12.9. The molecule has 0 aliphatic heterocycles. The molecule has 2 heterocycles. The zero-order valence-electron chi connectivity index (χ0n) is 19.2. The summed E-state index contributed by atoms with van der Waals surface area (Å²) in [5.41, 5.74) is 4.58. The molecule has 34 heavy (non-hydrogen) atoms. The Hall–Kier alpha value is -3.35. The van der Waals surface area contributed by atoms with E-state index < -0.39 is 6.04 Å². The average molecular weight is 494 g/mol. The van der Waals surface area contributed by atoms with Crippen molar-refractivity contribution in [3.8, 4) is 0 Å². The summed E-state index contributed by atoms with van der Waals surface area (Å²) in [4.78, 5) is 17.4. The summed E-state index contributed by atoms with van der Waals surface area (Å²) in [6.45, 7) is 4.47. The van der Waals surface area contributed by atoms with E-state index in [0.29, 0.717) is 16.6 Å². The van der Waals surface area contributed by atoms with Gasteiger partial charge in [-0.3, -0.25) is 9.48 Å². The number of carbonyl (C=O) groups is 1. The third-order valence-electron chi connectivity index (χ3n) is 5.72. The highest BCUT2D eigenvalue weighted by molar-refractivity contribution is 6.31. The predicted octanol–water partition coefficient (Wildman–Crippen LogP) is 5.51. The summed E-state index contributed by atoms with van der Waals surface area (Å²) in [6, 6.07) is 14.7. The van der Waals surface area contributed by atoms with Crippen molar-refractivity contribution in [2.24, 2.45) is 7.05 Å². The molecule has 2 aromatic carbocycles. The van der Waals surface area contributed by atoms with E-state index in [1.165, 1.54) is 6.08 Å². The Kier molecular flexibility index (Phi) is 7.20. The van der Waals surface area contributed by atoms with Gasteiger partial charge in [-0.1, -0.05) is 53.5 Å². The second-order valence-electron chi connectivity index (χ2n) is 8.06. The van der Waals surface area contributed by atoms with E-state index >= 15 is 0 Å². The van der Waals surface area contributed by atoms with E-state index in [4.69, 9.17) is 23.2 Å². The Labute approximate surface area is 208 Å². The van der Waals surface area contributed by atoms with Gasteiger partial charge < -0.3 is 9.88 Å². The van der Waals surface area contributed by atoms with Crippen LogP contribution in [0.1, 0.15) is 39.9 Å². The van der Waals surface area contributed by atoms with E-state index in [0.717, 1.165) is 33.9 Å². The van der Waals surface area contributed by atoms with Crippen molar-refractivity contribution >= 4 is 35.2 Å². The van der Waals surface area contributed by atoms with Crippen molar-refractivity contribution < 1.29 is 4.79 Å². The summed E-state index contributed by atoms with van der Waals surface area (Å²) in [6.07, 6.45) is 6.89. The number of nitrogens with one attached hydrogen (secondary N) is 1. The van der Waals surface area contributed by atoms with Crippen LogP contribution in [-0.4, -0.2) is 25.2 Å². The fraction of sp³-hybridized carbons (Fsp3) is 0.192. The smallest absolute Gasteiger partial charge is 0.244 e. The lowest BCUT2D eigenvalue weighted by Crippen LogP contribution is -2.29. The molecule has 4 rings (SSSR count). The molecule has 0 radical (unpaired) electrons. The third kappa shape index (κ3) is 5.24. The number of carbonyl (C=O) groups excluding carboxylic acids is 1.